The molecule has 1 heterocycles. The number of anilines is 2. The third-order valence-corrected chi connectivity index (χ3v) is 3.59. The van der Waals surface area contributed by atoms with Gasteiger partial charge < -0.3 is 15.8 Å². The Morgan fingerprint density at radius 2 is 1.83 bits per heavy atom. The monoisotopic (exact) mass is 343 g/mol. The fourth-order valence-electron chi connectivity index (χ4n) is 2.09. The van der Waals surface area contributed by atoms with E-state index < -0.39 is 5.91 Å². The Balaban J connectivity index is 1.81. The molecule has 1 aromatic heterocycles. The summed E-state index contributed by atoms with van der Waals surface area (Å²) in [6.45, 7) is 0. The predicted molar refractivity (Wildman–Crippen MR) is 91.7 cm³/mol. The van der Waals surface area contributed by atoms with E-state index in [0.717, 1.165) is 0 Å². The van der Waals surface area contributed by atoms with Crippen molar-refractivity contribution in [3.8, 4) is 11.4 Å². The molecule has 0 spiro atoms. The third kappa shape index (κ3) is 3.16. The van der Waals surface area contributed by atoms with Crippen molar-refractivity contribution >= 4 is 29.0 Å². The topological polar surface area (TPSA) is 95.1 Å². The molecule has 0 saturated heterocycles. The lowest BCUT2D eigenvalue weighted by Crippen LogP contribution is -2.15. The normalized spacial score (nSPS) is 10.4. The van der Waals surface area contributed by atoms with Crippen molar-refractivity contribution < 1.29 is 9.53 Å². The van der Waals surface area contributed by atoms with Gasteiger partial charge in [0.25, 0.3) is 5.91 Å². The van der Waals surface area contributed by atoms with Crippen LogP contribution in [0.3, 0.4) is 0 Å². The van der Waals surface area contributed by atoms with E-state index >= 15 is 0 Å². The molecule has 0 aliphatic rings. The highest BCUT2D eigenvalue weighted by Crippen LogP contribution is 2.19. The van der Waals surface area contributed by atoms with Crippen LogP contribution >= 0.6 is 11.6 Å². The summed E-state index contributed by atoms with van der Waals surface area (Å²) in [4.78, 5) is 12.3. The van der Waals surface area contributed by atoms with Crippen LogP contribution in [0.4, 0.5) is 11.5 Å². The van der Waals surface area contributed by atoms with Gasteiger partial charge in [0.05, 0.1) is 12.8 Å². The van der Waals surface area contributed by atoms with E-state index in [1.54, 1.807) is 55.6 Å². The van der Waals surface area contributed by atoms with Crippen LogP contribution in [0.15, 0.2) is 48.5 Å². The number of ether oxygens (including phenoxy) is 1. The van der Waals surface area contributed by atoms with Crippen LogP contribution < -0.4 is 15.8 Å². The summed E-state index contributed by atoms with van der Waals surface area (Å²) in [5.74, 6) is 0.391. The Morgan fingerprint density at radius 1 is 1.17 bits per heavy atom. The lowest BCUT2D eigenvalue weighted by atomic mass is 10.3. The number of carbonyl (C=O) groups excluding carboxylic acids is 1. The minimum atomic E-state index is -0.446. The van der Waals surface area contributed by atoms with Crippen LogP contribution in [-0.2, 0) is 0 Å². The van der Waals surface area contributed by atoms with Gasteiger partial charge in [-0.05, 0) is 48.5 Å². The van der Waals surface area contributed by atoms with Crippen LogP contribution in [0.1, 0.15) is 10.5 Å². The van der Waals surface area contributed by atoms with Crippen molar-refractivity contribution in [2.45, 2.75) is 0 Å². The van der Waals surface area contributed by atoms with Crippen molar-refractivity contribution in [1.82, 2.24) is 15.0 Å². The SMILES string of the molecule is COc1ccc(NC(=O)c2nnn(-c3ccc(Cl)cc3)c2N)cc1. The molecule has 0 atom stereocenters. The number of nitrogens with two attached hydrogens (primary N) is 1. The summed E-state index contributed by atoms with van der Waals surface area (Å²) in [7, 11) is 1.57. The first kappa shape index (κ1) is 15.8. The van der Waals surface area contributed by atoms with E-state index in [4.69, 9.17) is 22.1 Å². The van der Waals surface area contributed by atoms with Gasteiger partial charge in [0.2, 0.25) is 0 Å². The summed E-state index contributed by atoms with van der Waals surface area (Å²) in [6.07, 6.45) is 0. The maximum Gasteiger partial charge on any atom is 0.280 e. The molecule has 3 rings (SSSR count). The molecular weight excluding hydrogens is 330 g/mol. The van der Waals surface area contributed by atoms with Crippen molar-refractivity contribution in [3.05, 3.63) is 59.2 Å². The molecule has 0 unspecified atom stereocenters. The van der Waals surface area contributed by atoms with Gasteiger partial charge in [-0.15, -0.1) is 5.10 Å². The summed E-state index contributed by atoms with van der Waals surface area (Å²) in [6, 6.07) is 13.8. The highest BCUT2D eigenvalue weighted by atomic mass is 35.5. The Kier molecular flexibility index (Phi) is 4.35. The number of aromatic nitrogens is 3. The minimum absolute atomic E-state index is 0.0424. The van der Waals surface area contributed by atoms with Crippen LogP contribution in [-0.4, -0.2) is 28.0 Å². The summed E-state index contributed by atoms with van der Waals surface area (Å²) < 4.78 is 6.45. The second kappa shape index (κ2) is 6.59. The highest BCUT2D eigenvalue weighted by Gasteiger charge is 2.18. The number of benzene rings is 2. The molecule has 1 amide bonds. The molecule has 0 radical (unpaired) electrons. The molecule has 0 aliphatic carbocycles. The van der Waals surface area contributed by atoms with Crippen LogP contribution in [0, 0.1) is 0 Å². The Hall–Kier alpha value is -3.06. The number of carbonyl (C=O) groups is 1. The lowest BCUT2D eigenvalue weighted by molar-refractivity contribution is 0.102. The van der Waals surface area contributed by atoms with E-state index in [0.29, 0.717) is 22.1 Å². The number of nitrogens with zero attached hydrogens (tertiary/aromatic N) is 3. The van der Waals surface area contributed by atoms with Gasteiger partial charge in [-0.3, -0.25) is 4.79 Å². The van der Waals surface area contributed by atoms with Crippen LogP contribution in [0.25, 0.3) is 5.69 Å². The van der Waals surface area contributed by atoms with Crippen LogP contribution in [0.5, 0.6) is 5.75 Å². The molecule has 0 fully saturated rings. The highest BCUT2D eigenvalue weighted by molar-refractivity contribution is 6.30. The number of amides is 1. The molecule has 0 aliphatic heterocycles. The first-order valence-corrected chi connectivity index (χ1v) is 7.39. The summed E-state index contributed by atoms with van der Waals surface area (Å²) >= 11 is 5.86. The van der Waals surface area contributed by atoms with Gasteiger partial charge in [0.15, 0.2) is 11.5 Å². The quantitative estimate of drug-likeness (QED) is 0.759. The second-order valence-electron chi connectivity index (χ2n) is 4.89. The van der Waals surface area contributed by atoms with Crippen LogP contribution in [0.2, 0.25) is 5.02 Å². The first-order chi connectivity index (χ1) is 11.6. The van der Waals surface area contributed by atoms with Gasteiger partial charge in [-0.1, -0.05) is 16.8 Å². The third-order valence-electron chi connectivity index (χ3n) is 3.34. The minimum Gasteiger partial charge on any atom is -0.497 e. The number of nitrogen functional groups attached to an aromatic ring is 1. The van der Waals surface area contributed by atoms with E-state index in [1.165, 1.54) is 4.68 Å². The fraction of sp³-hybridized carbons (Fsp3) is 0.0625. The van der Waals surface area contributed by atoms with Gasteiger partial charge >= 0.3 is 0 Å². The molecule has 0 saturated carbocycles. The van der Waals surface area contributed by atoms with E-state index in [1.807, 2.05) is 0 Å². The molecular formula is C16H14ClN5O2. The van der Waals surface area contributed by atoms with Crippen molar-refractivity contribution in [2.75, 3.05) is 18.2 Å². The van der Waals surface area contributed by atoms with E-state index in [2.05, 4.69) is 15.6 Å². The van der Waals surface area contributed by atoms with Gasteiger partial charge in [-0.2, -0.15) is 4.68 Å². The summed E-state index contributed by atoms with van der Waals surface area (Å²) in [5.41, 5.74) is 7.30. The predicted octanol–water partition coefficient (Wildman–Crippen LogP) is 2.76. The molecule has 3 N–H and O–H groups in total. The molecule has 7 nitrogen and oxygen atoms in total. The van der Waals surface area contributed by atoms with E-state index in [9.17, 15) is 4.79 Å². The molecule has 24 heavy (non-hydrogen) atoms. The number of methoxy groups -OCH3 is 1. The largest absolute Gasteiger partial charge is 0.497 e. The second-order valence-corrected chi connectivity index (χ2v) is 5.33. The zero-order valence-corrected chi connectivity index (χ0v) is 13.5. The number of halogens is 1. The standard InChI is InChI=1S/C16H14ClN5O2/c1-24-13-8-4-11(5-9-13)19-16(23)14-15(18)22(21-20-14)12-6-2-10(17)3-7-12/h2-9H,18H2,1H3,(H,19,23). The lowest BCUT2D eigenvalue weighted by Gasteiger charge is -2.06. The molecule has 122 valence electrons. The van der Waals surface area contributed by atoms with Gasteiger partial charge in [-0.25, -0.2) is 0 Å². The Bertz CT molecular complexity index is 859. The molecule has 8 heteroatoms. The Morgan fingerprint density at radius 3 is 2.46 bits per heavy atom. The zero-order chi connectivity index (χ0) is 17.1. The molecule has 3 aromatic rings. The fourth-order valence-corrected chi connectivity index (χ4v) is 2.21. The summed E-state index contributed by atoms with van der Waals surface area (Å²) in [5, 5.41) is 11.1. The van der Waals surface area contributed by atoms with Gasteiger partial charge in [0, 0.05) is 10.7 Å². The maximum atomic E-state index is 12.3. The van der Waals surface area contributed by atoms with Crippen molar-refractivity contribution in [2.24, 2.45) is 0 Å². The van der Waals surface area contributed by atoms with E-state index in [-0.39, 0.29) is 11.5 Å². The maximum absolute atomic E-state index is 12.3. The smallest absolute Gasteiger partial charge is 0.280 e. The number of rotatable bonds is 4. The molecule has 2 aromatic carbocycles. The number of hydrogen-bond acceptors (Lipinski definition) is 5. The number of nitrogens with one attached hydrogen (secondary N) is 1. The zero-order valence-electron chi connectivity index (χ0n) is 12.7. The van der Waals surface area contributed by atoms with Crippen molar-refractivity contribution in [1.29, 1.82) is 0 Å². The molecule has 0 bridgehead atoms. The Labute approximate surface area is 143 Å². The average molecular weight is 344 g/mol. The van der Waals surface area contributed by atoms with Crippen molar-refractivity contribution in [3.63, 3.8) is 0 Å². The number of hydrogen-bond donors (Lipinski definition) is 2. The average Bonchev–Trinajstić information content (AvgIpc) is 2.98. The van der Waals surface area contributed by atoms with Gasteiger partial charge in [0.1, 0.15) is 5.75 Å². The first-order valence-electron chi connectivity index (χ1n) is 7.01.